The average molecular weight is 572 g/mol. The van der Waals surface area contributed by atoms with E-state index in [2.05, 4.69) is 10.6 Å². The normalized spacial score (nSPS) is 18.1. The Bertz CT molecular complexity index is 1480. The van der Waals surface area contributed by atoms with Crippen LogP contribution in [-0.2, 0) is 20.8 Å². The Morgan fingerprint density at radius 3 is 2.57 bits per heavy atom. The first-order valence-electron chi connectivity index (χ1n) is 14.5. The van der Waals surface area contributed by atoms with Crippen molar-refractivity contribution in [3.63, 3.8) is 0 Å². The van der Waals surface area contributed by atoms with Gasteiger partial charge in [-0.3, -0.25) is 19.2 Å². The molecule has 3 aromatic carbocycles. The summed E-state index contributed by atoms with van der Waals surface area (Å²) in [5, 5.41) is 17.4. The second-order valence-electron chi connectivity index (χ2n) is 10.9. The molecular formula is C32H37N5O5. The minimum atomic E-state index is -0.911. The van der Waals surface area contributed by atoms with Crippen molar-refractivity contribution in [3.05, 3.63) is 77.9 Å². The van der Waals surface area contributed by atoms with Crippen LogP contribution in [0, 0.1) is 0 Å². The van der Waals surface area contributed by atoms with Crippen LogP contribution < -0.4 is 21.3 Å². The molecule has 220 valence electrons. The predicted molar refractivity (Wildman–Crippen MR) is 160 cm³/mol. The summed E-state index contributed by atoms with van der Waals surface area (Å²) in [5.41, 5.74) is 7.29. The number of hydrogen-bond acceptors (Lipinski definition) is 6. The zero-order chi connectivity index (χ0) is 29.6. The van der Waals surface area contributed by atoms with Gasteiger partial charge in [0.2, 0.25) is 17.7 Å². The molecule has 5 N–H and O–H groups in total. The van der Waals surface area contributed by atoms with Crippen molar-refractivity contribution in [3.8, 4) is 0 Å². The number of hydrogen-bond donors (Lipinski definition) is 4. The van der Waals surface area contributed by atoms with E-state index in [1.807, 2.05) is 42.5 Å². The first kappa shape index (κ1) is 29.2. The minimum absolute atomic E-state index is 0.00571. The molecule has 2 aliphatic rings. The predicted octanol–water partition coefficient (Wildman–Crippen LogP) is 1.73. The molecule has 0 radical (unpaired) electrons. The molecule has 0 saturated carbocycles. The Balaban J connectivity index is 1.32. The summed E-state index contributed by atoms with van der Waals surface area (Å²) in [6, 6.07) is 19.3. The molecule has 2 heterocycles. The smallest absolute Gasteiger partial charge is 0.256 e. The summed E-state index contributed by atoms with van der Waals surface area (Å²) in [4.78, 5) is 56.6. The average Bonchev–Trinajstić information content (AvgIpc) is 3.11. The lowest BCUT2D eigenvalue weighted by molar-refractivity contribution is -0.129. The number of rotatable bonds is 10. The van der Waals surface area contributed by atoms with Crippen molar-refractivity contribution in [2.45, 2.75) is 50.3 Å². The van der Waals surface area contributed by atoms with Crippen molar-refractivity contribution < 1.29 is 24.3 Å². The highest BCUT2D eigenvalue weighted by atomic mass is 16.3. The minimum Gasteiger partial charge on any atom is -0.390 e. The molecule has 0 aliphatic carbocycles. The number of benzene rings is 3. The van der Waals surface area contributed by atoms with Crippen LogP contribution in [0.15, 0.2) is 66.7 Å². The maximum absolute atomic E-state index is 13.7. The number of nitrogens with one attached hydrogen (secondary N) is 2. The largest absolute Gasteiger partial charge is 0.390 e. The van der Waals surface area contributed by atoms with Gasteiger partial charge in [0, 0.05) is 39.0 Å². The van der Waals surface area contributed by atoms with Gasteiger partial charge in [0.1, 0.15) is 12.1 Å². The SMILES string of the molecule is NCC(O)CNC(=O)[C@@H](Cc1ccc2ccccc2c1)NC(=O)CCN1C(=O)C2CCCCN2C(=O)c2ccccc21. The van der Waals surface area contributed by atoms with Crippen LogP contribution in [0.4, 0.5) is 5.69 Å². The number of carbonyl (C=O) groups excluding carboxylic acids is 4. The van der Waals surface area contributed by atoms with Crippen LogP contribution in [0.2, 0.25) is 0 Å². The van der Waals surface area contributed by atoms with Crippen molar-refractivity contribution in [2.24, 2.45) is 5.73 Å². The Morgan fingerprint density at radius 2 is 1.76 bits per heavy atom. The van der Waals surface area contributed by atoms with Crippen LogP contribution in [0.1, 0.15) is 41.6 Å². The number of nitrogens with two attached hydrogens (primary N) is 1. The number of aliphatic hydroxyl groups excluding tert-OH is 1. The molecule has 3 aromatic rings. The van der Waals surface area contributed by atoms with E-state index in [0.717, 1.165) is 29.2 Å². The second kappa shape index (κ2) is 13.1. The van der Waals surface area contributed by atoms with Crippen molar-refractivity contribution in [2.75, 3.05) is 31.1 Å². The number of anilines is 1. The van der Waals surface area contributed by atoms with Crippen LogP contribution in [0.25, 0.3) is 10.8 Å². The van der Waals surface area contributed by atoms with Gasteiger partial charge in [-0.1, -0.05) is 54.6 Å². The van der Waals surface area contributed by atoms with Crippen LogP contribution >= 0.6 is 0 Å². The van der Waals surface area contributed by atoms with E-state index in [0.29, 0.717) is 24.2 Å². The van der Waals surface area contributed by atoms with Crippen molar-refractivity contribution >= 4 is 40.1 Å². The van der Waals surface area contributed by atoms with Crippen LogP contribution in [0.5, 0.6) is 0 Å². The summed E-state index contributed by atoms with van der Waals surface area (Å²) in [6.45, 7) is 0.552. The maximum Gasteiger partial charge on any atom is 0.256 e. The summed E-state index contributed by atoms with van der Waals surface area (Å²) in [7, 11) is 0. The molecule has 3 atom stereocenters. The zero-order valence-electron chi connectivity index (χ0n) is 23.5. The second-order valence-corrected chi connectivity index (χ2v) is 10.9. The van der Waals surface area contributed by atoms with E-state index in [1.54, 1.807) is 34.1 Å². The Labute approximate surface area is 244 Å². The lowest BCUT2D eigenvalue weighted by Gasteiger charge is -2.34. The number of nitrogens with zero attached hydrogens (tertiary/aromatic N) is 2. The first-order valence-corrected chi connectivity index (χ1v) is 14.5. The quantitative estimate of drug-likeness (QED) is 0.292. The summed E-state index contributed by atoms with van der Waals surface area (Å²) in [6.07, 6.45) is 1.57. The molecule has 2 aliphatic heterocycles. The molecule has 0 spiro atoms. The number of fused-ring (bicyclic) bond motifs is 3. The number of carbonyl (C=O) groups is 4. The van der Waals surface area contributed by atoms with E-state index in [9.17, 15) is 24.3 Å². The maximum atomic E-state index is 13.7. The first-order chi connectivity index (χ1) is 20.4. The van der Waals surface area contributed by atoms with Gasteiger partial charge in [-0.05, 0) is 47.7 Å². The van der Waals surface area contributed by atoms with Gasteiger partial charge >= 0.3 is 0 Å². The Kier molecular flexibility index (Phi) is 9.14. The molecule has 5 rings (SSSR count). The third-order valence-corrected chi connectivity index (χ3v) is 7.99. The number of para-hydroxylation sites is 1. The molecule has 10 nitrogen and oxygen atoms in total. The van der Waals surface area contributed by atoms with Gasteiger partial charge in [0.25, 0.3) is 5.91 Å². The Hall–Kier alpha value is -4.28. The van der Waals surface area contributed by atoms with Gasteiger partial charge < -0.3 is 31.3 Å². The Morgan fingerprint density at radius 1 is 1.00 bits per heavy atom. The molecule has 4 amide bonds. The van der Waals surface area contributed by atoms with E-state index in [-0.39, 0.29) is 44.3 Å². The highest BCUT2D eigenvalue weighted by molar-refractivity contribution is 6.11. The van der Waals surface area contributed by atoms with E-state index >= 15 is 0 Å². The van der Waals surface area contributed by atoms with Crippen molar-refractivity contribution in [1.29, 1.82) is 0 Å². The number of piperidine rings is 1. The van der Waals surface area contributed by atoms with Crippen LogP contribution in [-0.4, -0.2) is 78.0 Å². The van der Waals surface area contributed by atoms with Crippen LogP contribution in [0.3, 0.4) is 0 Å². The topological polar surface area (TPSA) is 145 Å². The highest BCUT2D eigenvalue weighted by Gasteiger charge is 2.40. The molecule has 42 heavy (non-hydrogen) atoms. The molecule has 2 unspecified atom stereocenters. The fourth-order valence-corrected chi connectivity index (χ4v) is 5.72. The van der Waals surface area contributed by atoms with Gasteiger partial charge in [-0.25, -0.2) is 0 Å². The summed E-state index contributed by atoms with van der Waals surface area (Å²) >= 11 is 0. The van der Waals surface area contributed by atoms with Gasteiger partial charge in [0.15, 0.2) is 0 Å². The molecular weight excluding hydrogens is 534 g/mol. The fourth-order valence-electron chi connectivity index (χ4n) is 5.72. The molecule has 10 heteroatoms. The summed E-state index contributed by atoms with van der Waals surface area (Å²) in [5.74, 6) is -1.20. The van der Waals surface area contributed by atoms with Gasteiger partial charge in [-0.15, -0.1) is 0 Å². The zero-order valence-corrected chi connectivity index (χ0v) is 23.5. The summed E-state index contributed by atoms with van der Waals surface area (Å²) < 4.78 is 0. The van der Waals surface area contributed by atoms with Crippen molar-refractivity contribution in [1.82, 2.24) is 15.5 Å². The van der Waals surface area contributed by atoms with E-state index in [4.69, 9.17) is 5.73 Å². The van der Waals surface area contributed by atoms with E-state index < -0.39 is 30.0 Å². The standard InChI is InChI=1S/C32H37N5O5/c33-19-24(38)20-34-30(40)26(18-21-12-13-22-7-1-2-8-23(22)17-21)35-29(39)14-16-37-27-10-4-3-9-25(27)31(41)36-15-6-5-11-28(36)32(37)42/h1-4,7-10,12-13,17,24,26,28,38H,5-6,11,14-16,18-20,33H2,(H,34,40)(H,35,39)/t24?,26-,28?/m1/s1. The number of amides is 4. The lowest BCUT2D eigenvalue weighted by Crippen LogP contribution is -2.52. The van der Waals surface area contributed by atoms with E-state index in [1.165, 1.54) is 0 Å². The fraction of sp³-hybridized carbons (Fsp3) is 0.375. The highest BCUT2D eigenvalue weighted by Crippen LogP contribution is 2.32. The third-order valence-electron chi connectivity index (χ3n) is 7.99. The molecule has 0 bridgehead atoms. The lowest BCUT2D eigenvalue weighted by atomic mass is 10.0. The monoisotopic (exact) mass is 571 g/mol. The third kappa shape index (κ3) is 6.45. The molecule has 1 saturated heterocycles. The molecule has 0 aromatic heterocycles. The van der Waals surface area contributed by atoms with Gasteiger partial charge in [-0.2, -0.15) is 0 Å². The molecule has 1 fully saturated rings. The number of aliphatic hydroxyl groups is 1. The van der Waals surface area contributed by atoms with Gasteiger partial charge in [0.05, 0.1) is 17.4 Å².